The first-order chi connectivity index (χ1) is 11.6. The summed E-state index contributed by atoms with van der Waals surface area (Å²) in [5.74, 6) is 0.381. The summed E-state index contributed by atoms with van der Waals surface area (Å²) in [4.78, 5) is 25.2. The summed E-state index contributed by atoms with van der Waals surface area (Å²) in [5, 5.41) is 2.77. The molecule has 24 heavy (non-hydrogen) atoms. The monoisotopic (exact) mass is 345 g/mol. The van der Waals surface area contributed by atoms with Crippen molar-refractivity contribution in [3.8, 4) is 16.2 Å². The highest BCUT2D eigenvalue weighted by Gasteiger charge is 2.22. The van der Waals surface area contributed by atoms with Crippen LogP contribution in [0.5, 0.6) is 5.75 Å². The number of methoxy groups -OCH3 is 2. The lowest BCUT2D eigenvalue weighted by atomic mass is 9.91. The number of hydrogen-bond acceptors (Lipinski definition) is 5. The molecule has 6 heteroatoms. The van der Waals surface area contributed by atoms with Gasteiger partial charge in [-0.1, -0.05) is 0 Å². The minimum absolute atomic E-state index is 0.145. The Kier molecular flexibility index (Phi) is 4.85. The number of thiophene rings is 1. The van der Waals surface area contributed by atoms with E-state index < -0.39 is 0 Å². The second-order valence-electron chi connectivity index (χ2n) is 5.57. The minimum atomic E-state index is -0.330. The zero-order valence-electron chi connectivity index (χ0n) is 13.7. The molecule has 0 aliphatic heterocycles. The van der Waals surface area contributed by atoms with Crippen LogP contribution >= 0.6 is 11.3 Å². The van der Waals surface area contributed by atoms with Crippen LogP contribution in [0.25, 0.3) is 10.4 Å². The Morgan fingerprint density at radius 1 is 1.17 bits per heavy atom. The Labute approximate surface area is 144 Å². The summed E-state index contributed by atoms with van der Waals surface area (Å²) in [6, 6.07) is 8.03. The molecule has 0 saturated carbocycles. The zero-order chi connectivity index (χ0) is 17.1. The lowest BCUT2D eigenvalue weighted by molar-refractivity contribution is -0.140. The average molecular weight is 345 g/mol. The van der Waals surface area contributed by atoms with Crippen LogP contribution in [0.2, 0.25) is 0 Å². The van der Waals surface area contributed by atoms with Crippen LogP contribution < -0.4 is 10.1 Å². The van der Waals surface area contributed by atoms with Gasteiger partial charge in [0.1, 0.15) is 5.75 Å². The third-order valence-electron chi connectivity index (χ3n) is 4.10. The molecule has 0 saturated heterocycles. The Hall–Kier alpha value is -2.34. The van der Waals surface area contributed by atoms with E-state index in [-0.39, 0.29) is 24.8 Å². The van der Waals surface area contributed by atoms with Gasteiger partial charge in [0.05, 0.1) is 25.5 Å². The number of hydrogen-bond donors (Lipinski definition) is 1. The van der Waals surface area contributed by atoms with Crippen LogP contribution in [0.1, 0.15) is 27.2 Å². The van der Waals surface area contributed by atoms with Crippen LogP contribution in [-0.2, 0) is 22.4 Å². The number of esters is 1. The molecule has 0 unspecified atom stereocenters. The van der Waals surface area contributed by atoms with E-state index in [1.54, 1.807) is 7.11 Å². The number of rotatable bonds is 5. The molecule has 1 heterocycles. The molecule has 0 radical (unpaired) electrons. The maximum Gasteiger partial charge on any atom is 0.307 e. The lowest BCUT2D eigenvalue weighted by Crippen LogP contribution is -2.25. The summed E-state index contributed by atoms with van der Waals surface area (Å²) in [7, 11) is 3.00. The molecule has 1 aromatic carbocycles. The number of amides is 1. The van der Waals surface area contributed by atoms with Crippen molar-refractivity contribution in [2.45, 2.75) is 19.3 Å². The Morgan fingerprint density at radius 2 is 1.96 bits per heavy atom. The molecule has 1 aromatic heterocycles. The number of benzene rings is 1. The summed E-state index contributed by atoms with van der Waals surface area (Å²) in [6.07, 6.45) is 2.04. The standard InChI is InChI=1S/C18H19NO4S/c1-22-13-5-6-14-11(9-13)3-4-12-10-15(24-17(12)14)18(21)19-8-7-16(20)23-2/h5-6,9-10H,3-4,7-8H2,1-2H3,(H,19,21). The second-order valence-corrected chi connectivity index (χ2v) is 6.62. The first-order valence-electron chi connectivity index (χ1n) is 7.77. The van der Waals surface area contributed by atoms with Crippen molar-refractivity contribution >= 4 is 23.2 Å². The molecule has 1 N–H and O–H groups in total. The summed E-state index contributed by atoms with van der Waals surface area (Å²) >= 11 is 1.50. The van der Waals surface area contributed by atoms with Gasteiger partial charge in [-0.2, -0.15) is 0 Å². The molecule has 3 rings (SSSR count). The first kappa shape index (κ1) is 16.5. The van der Waals surface area contributed by atoms with Gasteiger partial charge in [-0.3, -0.25) is 9.59 Å². The van der Waals surface area contributed by atoms with Gasteiger partial charge in [-0.15, -0.1) is 11.3 Å². The molecule has 1 aliphatic rings. The van der Waals surface area contributed by atoms with E-state index in [4.69, 9.17) is 4.74 Å². The van der Waals surface area contributed by atoms with Gasteiger partial charge in [0, 0.05) is 11.4 Å². The fourth-order valence-corrected chi connectivity index (χ4v) is 4.00. The molecular weight excluding hydrogens is 326 g/mol. The molecule has 1 aliphatic carbocycles. The van der Waals surface area contributed by atoms with Crippen LogP contribution in [0.4, 0.5) is 0 Å². The third-order valence-corrected chi connectivity index (χ3v) is 5.31. The van der Waals surface area contributed by atoms with E-state index in [9.17, 15) is 9.59 Å². The topological polar surface area (TPSA) is 64.6 Å². The van der Waals surface area contributed by atoms with E-state index in [1.807, 2.05) is 12.1 Å². The molecule has 0 spiro atoms. The lowest BCUT2D eigenvalue weighted by Gasteiger charge is -2.16. The van der Waals surface area contributed by atoms with Crippen LogP contribution in [0.3, 0.4) is 0 Å². The number of carbonyl (C=O) groups is 2. The Bertz CT molecular complexity index is 781. The van der Waals surface area contributed by atoms with Crippen molar-refractivity contribution < 1.29 is 19.1 Å². The van der Waals surface area contributed by atoms with Gasteiger partial charge in [0.15, 0.2) is 0 Å². The molecule has 5 nitrogen and oxygen atoms in total. The summed E-state index contributed by atoms with van der Waals surface area (Å²) < 4.78 is 9.85. The Balaban J connectivity index is 1.76. The van der Waals surface area contributed by atoms with Gasteiger partial charge in [0.2, 0.25) is 0 Å². The SMILES string of the molecule is COC(=O)CCNC(=O)c1cc2c(s1)-c1ccc(OC)cc1CC2. The van der Waals surface area contributed by atoms with Gasteiger partial charge in [-0.05, 0) is 53.8 Å². The maximum absolute atomic E-state index is 12.3. The summed E-state index contributed by atoms with van der Waals surface area (Å²) in [6.45, 7) is 0.280. The van der Waals surface area contributed by atoms with Crippen molar-refractivity contribution in [1.29, 1.82) is 0 Å². The normalized spacial score (nSPS) is 12.1. The first-order valence-corrected chi connectivity index (χ1v) is 8.59. The highest BCUT2D eigenvalue weighted by atomic mass is 32.1. The van der Waals surface area contributed by atoms with Gasteiger partial charge in [0.25, 0.3) is 5.91 Å². The molecular formula is C18H19NO4S. The molecule has 0 fully saturated rings. The van der Waals surface area contributed by atoms with Gasteiger partial charge >= 0.3 is 5.97 Å². The number of nitrogens with one attached hydrogen (secondary N) is 1. The maximum atomic E-state index is 12.3. The number of fused-ring (bicyclic) bond motifs is 3. The van der Waals surface area contributed by atoms with E-state index in [0.717, 1.165) is 23.5 Å². The van der Waals surface area contributed by atoms with Crippen LogP contribution in [-0.4, -0.2) is 32.6 Å². The van der Waals surface area contributed by atoms with E-state index in [2.05, 4.69) is 22.2 Å². The van der Waals surface area contributed by atoms with Crippen molar-refractivity contribution in [3.63, 3.8) is 0 Å². The van der Waals surface area contributed by atoms with Crippen LogP contribution in [0, 0.1) is 0 Å². The average Bonchev–Trinajstić information content (AvgIpc) is 3.05. The van der Waals surface area contributed by atoms with Crippen molar-refractivity contribution in [2.24, 2.45) is 0 Å². The molecule has 126 valence electrons. The highest BCUT2D eigenvalue weighted by molar-refractivity contribution is 7.17. The largest absolute Gasteiger partial charge is 0.497 e. The highest BCUT2D eigenvalue weighted by Crippen LogP contribution is 2.40. The third kappa shape index (κ3) is 3.28. The number of ether oxygens (including phenoxy) is 2. The number of aryl methyl sites for hydroxylation is 2. The predicted octanol–water partition coefficient (Wildman–Crippen LogP) is 2.82. The molecule has 0 bridgehead atoms. The Morgan fingerprint density at radius 3 is 2.71 bits per heavy atom. The predicted molar refractivity (Wildman–Crippen MR) is 92.7 cm³/mol. The molecule has 0 atom stereocenters. The van der Waals surface area contributed by atoms with Crippen molar-refractivity contribution in [2.75, 3.05) is 20.8 Å². The molecule has 2 aromatic rings. The van der Waals surface area contributed by atoms with Gasteiger partial charge in [-0.25, -0.2) is 0 Å². The van der Waals surface area contributed by atoms with E-state index in [0.29, 0.717) is 4.88 Å². The fourth-order valence-electron chi connectivity index (χ4n) is 2.82. The van der Waals surface area contributed by atoms with Gasteiger partial charge < -0.3 is 14.8 Å². The molecule has 1 amide bonds. The quantitative estimate of drug-likeness (QED) is 0.847. The number of carbonyl (C=O) groups excluding carboxylic acids is 2. The smallest absolute Gasteiger partial charge is 0.307 e. The summed E-state index contributed by atoms with van der Waals surface area (Å²) in [5.41, 5.74) is 3.63. The fraction of sp³-hybridized carbons (Fsp3) is 0.333. The second kappa shape index (κ2) is 7.05. The van der Waals surface area contributed by atoms with Crippen molar-refractivity contribution in [1.82, 2.24) is 5.32 Å². The van der Waals surface area contributed by atoms with Crippen molar-refractivity contribution in [3.05, 3.63) is 40.3 Å². The van der Waals surface area contributed by atoms with E-state index in [1.165, 1.54) is 35.1 Å². The van der Waals surface area contributed by atoms with E-state index >= 15 is 0 Å². The minimum Gasteiger partial charge on any atom is -0.497 e. The van der Waals surface area contributed by atoms with Crippen LogP contribution in [0.15, 0.2) is 24.3 Å². The zero-order valence-corrected chi connectivity index (χ0v) is 14.5.